The predicted octanol–water partition coefficient (Wildman–Crippen LogP) is 2.34. The Balaban J connectivity index is 2.39. The zero-order valence-electron chi connectivity index (χ0n) is 7.13. The minimum absolute atomic E-state index is 0.329. The Kier molecular flexibility index (Phi) is 3.09. The van der Waals surface area contributed by atoms with E-state index >= 15 is 0 Å². The molecule has 0 fully saturated rings. The molecule has 0 saturated carbocycles. The molecule has 0 bridgehead atoms. The maximum atomic E-state index is 5.65. The molecule has 0 aromatic carbocycles. The average Bonchev–Trinajstić information content (AvgIpc) is 2.31. The van der Waals surface area contributed by atoms with E-state index in [0.717, 1.165) is 12.8 Å². The van der Waals surface area contributed by atoms with Crippen LogP contribution >= 0.6 is 11.3 Å². The summed E-state index contributed by atoms with van der Waals surface area (Å²) in [5.74, 6) is 0. The van der Waals surface area contributed by atoms with Gasteiger partial charge in [-0.3, -0.25) is 0 Å². The highest BCUT2D eigenvalue weighted by Crippen LogP contribution is 2.14. The minimum Gasteiger partial charge on any atom is -0.328 e. The Labute approximate surface area is 72.2 Å². The topological polar surface area (TPSA) is 26.0 Å². The second kappa shape index (κ2) is 3.88. The van der Waals surface area contributed by atoms with Crippen molar-refractivity contribution in [3.8, 4) is 0 Å². The lowest BCUT2D eigenvalue weighted by molar-refractivity contribution is 0.667. The van der Waals surface area contributed by atoms with Gasteiger partial charge < -0.3 is 5.73 Å². The molecule has 0 radical (unpaired) electrons. The van der Waals surface area contributed by atoms with Crippen molar-refractivity contribution in [2.24, 2.45) is 5.73 Å². The van der Waals surface area contributed by atoms with Gasteiger partial charge in [-0.05, 0) is 43.7 Å². The predicted molar refractivity (Wildman–Crippen MR) is 51.0 cm³/mol. The summed E-state index contributed by atoms with van der Waals surface area (Å²) in [6.45, 7) is 4.19. The summed E-state index contributed by atoms with van der Waals surface area (Å²) >= 11 is 1.82. The number of thiophene rings is 1. The van der Waals surface area contributed by atoms with Crippen molar-refractivity contribution in [1.29, 1.82) is 0 Å². The molecular formula is C9H15NS. The lowest BCUT2D eigenvalue weighted by Gasteiger charge is -2.01. The van der Waals surface area contributed by atoms with Crippen LogP contribution in [0.1, 0.15) is 23.8 Å². The van der Waals surface area contributed by atoms with E-state index in [1.807, 2.05) is 11.3 Å². The lowest BCUT2D eigenvalue weighted by atomic mass is 10.1. The summed E-state index contributed by atoms with van der Waals surface area (Å²) in [4.78, 5) is 1.39. The Morgan fingerprint density at radius 2 is 2.36 bits per heavy atom. The molecule has 0 aliphatic carbocycles. The van der Waals surface area contributed by atoms with Crippen LogP contribution < -0.4 is 5.73 Å². The Morgan fingerprint density at radius 1 is 1.64 bits per heavy atom. The van der Waals surface area contributed by atoms with E-state index in [0.29, 0.717) is 6.04 Å². The van der Waals surface area contributed by atoms with Gasteiger partial charge in [0.1, 0.15) is 0 Å². The van der Waals surface area contributed by atoms with Gasteiger partial charge in [0, 0.05) is 10.9 Å². The van der Waals surface area contributed by atoms with E-state index in [-0.39, 0.29) is 0 Å². The smallest absolute Gasteiger partial charge is 0.00170 e. The van der Waals surface area contributed by atoms with Crippen LogP contribution in [-0.4, -0.2) is 6.04 Å². The summed E-state index contributed by atoms with van der Waals surface area (Å²) in [5.41, 5.74) is 7.09. The van der Waals surface area contributed by atoms with Crippen LogP contribution in [0.5, 0.6) is 0 Å². The second-order valence-corrected chi connectivity index (χ2v) is 4.20. The van der Waals surface area contributed by atoms with E-state index in [9.17, 15) is 0 Å². The van der Waals surface area contributed by atoms with Gasteiger partial charge in [-0.25, -0.2) is 0 Å². The number of aryl methyl sites for hydroxylation is 2. The van der Waals surface area contributed by atoms with Crippen LogP contribution in [0.3, 0.4) is 0 Å². The third-order valence-electron chi connectivity index (χ3n) is 1.67. The van der Waals surface area contributed by atoms with E-state index in [2.05, 4.69) is 25.3 Å². The molecule has 0 aliphatic heterocycles. The molecular weight excluding hydrogens is 154 g/mol. The van der Waals surface area contributed by atoms with Crippen molar-refractivity contribution in [1.82, 2.24) is 0 Å². The first-order valence-corrected chi connectivity index (χ1v) is 4.86. The van der Waals surface area contributed by atoms with E-state index in [4.69, 9.17) is 5.73 Å². The van der Waals surface area contributed by atoms with Gasteiger partial charge in [-0.2, -0.15) is 0 Å². The zero-order valence-corrected chi connectivity index (χ0v) is 7.95. The standard InChI is InChI=1S/C9H15NS/c1-7(10)3-4-9-5-8(2)11-6-9/h5-7H,3-4,10H2,1-2H3. The molecule has 11 heavy (non-hydrogen) atoms. The molecule has 0 aliphatic rings. The summed E-state index contributed by atoms with van der Waals surface area (Å²) in [7, 11) is 0. The summed E-state index contributed by atoms with van der Waals surface area (Å²) in [6, 6.07) is 2.57. The van der Waals surface area contributed by atoms with Crippen LogP contribution in [0.15, 0.2) is 11.4 Å². The quantitative estimate of drug-likeness (QED) is 0.738. The van der Waals surface area contributed by atoms with Crippen LogP contribution in [0.4, 0.5) is 0 Å². The van der Waals surface area contributed by atoms with Crippen LogP contribution in [0.25, 0.3) is 0 Å². The van der Waals surface area contributed by atoms with E-state index in [1.165, 1.54) is 10.4 Å². The summed E-state index contributed by atoms with van der Waals surface area (Å²) in [5, 5.41) is 2.22. The number of rotatable bonds is 3. The molecule has 1 aromatic rings. The number of nitrogens with two attached hydrogens (primary N) is 1. The SMILES string of the molecule is Cc1cc(CCC(C)N)cs1. The lowest BCUT2D eigenvalue weighted by Crippen LogP contribution is -2.15. The van der Waals surface area contributed by atoms with Gasteiger partial charge in [-0.1, -0.05) is 0 Å². The van der Waals surface area contributed by atoms with E-state index < -0.39 is 0 Å². The van der Waals surface area contributed by atoms with Gasteiger partial charge in [0.05, 0.1) is 0 Å². The molecule has 1 rings (SSSR count). The fraction of sp³-hybridized carbons (Fsp3) is 0.556. The first-order chi connectivity index (χ1) is 5.18. The Morgan fingerprint density at radius 3 is 2.82 bits per heavy atom. The van der Waals surface area contributed by atoms with Gasteiger partial charge >= 0.3 is 0 Å². The number of hydrogen-bond acceptors (Lipinski definition) is 2. The fourth-order valence-electron chi connectivity index (χ4n) is 1.02. The highest BCUT2D eigenvalue weighted by molar-refractivity contribution is 7.10. The van der Waals surface area contributed by atoms with Crippen molar-refractivity contribution in [3.63, 3.8) is 0 Å². The maximum absolute atomic E-state index is 5.65. The Hall–Kier alpha value is -0.340. The van der Waals surface area contributed by atoms with Crippen molar-refractivity contribution < 1.29 is 0 Å². The summed E-state index contributed by atoms with van der Waals surface area (Å²) in [6.07, 6.45) is 2.22. The third kappa shape index (κ3) is 3.04. The molecule has 1 aromatic heterocycles. The molecule has 62 valence electrons. The van der Waals surface area contributed by atoms with Crippen LogP contribution in [0, 0.1) is 6.92 Å². The molecule has 1 nitrogen and oxygen atoms in total. The van der Waals surface area contributed by atoms with Gasteiger partial charge in [0.2, 0.25) is 0 Å². The molecule has 2 N–H and O–H groups in total. The molecule has 1 heterocycles. The van der Waals surface area contributed by atoms with Gasteiger partial charge in [-0.15, -0.1) is 11.3 Å². The van der Waals surface area contributed by atoms with E-state index in [1.54, 1.807) is 0 Å². The van der Waals surface area contributed by atoms with Gasteiger partial charge in [0.25, 0.3) is 0 Å². The monoisotopic (exact) mass is 169 g/mol. The summed E-state index contributed by atoms with van der Waals surface area (Å²) < 4.78 is 0. The Bertz CT molecular complexity index is 215. The highest BCUT2D eigenvalue weighted by atomic mass is 32.1. The number of hydrogen-bond donors (Lipinski definition) is 1. The van der Waals surface area contributed by atoms with Crippen molar-refractivity contribution in [3.05, 3.63) is 21.9 Å². The first-order valence-electron chi connectivity index (χ1n) is 3.98. The largest absolute Gasteiger partial charge is 0.328 e. The zero-order chi connectivity index (χ0) is 8.27. The molecule has 2 heteroatoms. The third-order valence-corrected chi connectivity index (χ3v) is 2.58. The van der Waals surface area contributed by atoms with Crippen molar-refractivity contribution in [2.75, 3.05) is 0 Å². The van der Waals surface area contributed by atoms with Crippen LogP contribution in [-0.2, 0) is 6.42 Å². The highest BCUT2D eigenvalue weighted by Gasteiger charge is 1.98. The van der Waals surface area contributed by atoms with Crippen LogP contribution in [0.2, 0.25) is 0 Å². The van der Waals surface area contributed by atoms with Gasteiger partial charge in [0.15, 0.2) is 0 Å². The normalized spacial score (nSPS) is 13.4. The average molecular weight is 169 g/mol. The van der Waals surface area contributed by atoms with Crippen molar-refractivity contribution >= 4 is 11.3 Å². The fourth-order valence-corrected chi connectivity index (χ4v) is 1.77. The second-order valence-electron chi connectivity index (χ2n) is 3.08. The molecule has 0 saturated heterocycles. The first kappa shape index (κ1) is 8.75. The minimum atomic E-state index is 0.329. The molecule has 0 spiro atoms. The maximum Gasteiger partial charge on any atom is 0.00170 e. The molecule has 1 unspecified atom stereocenters. The molecule has 0 amide bonds. The van der Waals surface area contributed by atoms with Crippen molar-refractivity contribution in [2.45, 2.75) is 32.7 Å². The molecule has 1 atom stereocenters.